The predicted molar refractivity (Wildman–Crippen MR) is 81.0 cm³/mol. The highest BCUT2D eigenvalue weighted by molar-refractivity contribution is 5.00. The van der Waals surface area contributed by atoms with Crippen LogP contribution in [0.1, 0.15) is 55.9 Å². The van der Waals surface area contributed by atoms with Crippen molar-refractivity contribution in [1.82, 2.24) is 25.3 Å². The van der Waals surface area contributed by atoms with Crippen LogP contribution in [-0.2, 0) is 0 Å². The maximum absolute atomic E-state index is 5.57. The highest BCUT2D eigenvalue weighted by Gasteiger charge is 2.28. The Morgan fingerprint density at radius 3 is 2.95 bits per heavy atom. The number of likely N-dealkylation sites (N-methyl/N-ethyl adjacent to an activating group) is 2. The zero-order valence-electron chi connectivity index (χ0n) is 13.2. The molecule has 1 aromatic heterocycles. The monoisotopic (exact) mass is 293 g/mol. The molecule has 3 rings (SSSR count). The van der Waals surface area contributed by atoms with Gasteiger partial charge < -0.3 is 14.7 Å². The van der Waals surface area contributed by atoms with Crippen molar-refractivity contribution in [3.8, 4) is 0 Å². The molecule has 1 N–H and O–H groups in total. The molecule has 0 radical (unpaired) electrons. The van der Waals surface area contributed by atoms with Crippen LogP contribution < -0.4 is 5.32 Å². The molecule has 118 valence electrons. The van der Waals surface area contributed by atoms with Crippen LogP contribution in [0.5, 0.6) is 0 Å². The SMILES string of the molecule is CN1CCCN(C)C(c2noc(C3CCCCCN3)n2)C1. The Morgan fingerprint density at radius 2 is 2.05 bits per heavy atom. The average molecular weight is 293 g/mol. The van der Waals surface area contributed by atoms with Crippen LogP contribution >= 0.6 is 0 Å². The molecule has 2 unspecified atom stereocenters. The molecule has 0 saturated carbocycles. The van der Waals surface area contributed by atoms with Crippen LogP contribution in [0.3, 0.4) is 0 Å². The third-order valence-electron chi connectivity index (χ3n) is 4.68. The average Bonchev–Trinajstić information content (AvgIpc) is 2.69. The summed E-state index contributed by atoms with van der Waals surface area (Å²) in [5, 5.41) is 7.80. The topological polar surface area (TPSA) is 57.4 Å². The molecule has 2 atom stereocenters. The Balaban J connectivity index is 1.73. The number of hydrogen-bond acceptors (Lipinski definition) is 6. The molecular formula is C15H27N5O. The summed E-state index contributed by atoms with van der Waals surface area (Å²) in [5.41, 5.74) is 0. The van der Waals surface area contributed by atoms with Gasteiger partial charge in [-0.3, -0.25) is 4.90 Å². The molecule has 0 bridgehead atoms. The van der Waals surface area contributed by atoms with Gasteiger partial charge in [0.15, 0.2) is 5.82 Å². The first kappa shape index (κ1) is 14.9. The van der Waals surface area contributed by atoms with Gasteiger partial charge in [-0.1, -0.05) is 18.0 Å². The zero-order chi connectivity index (χ0) is 14.7. The van der Waals surface area contributed by atoms with Crippen LogP contribution in [0.2, 0.25) is 0 Å². The maximum Gasteiger partial charge on any atom is 0.243 e. The molecule has 21 heavy (non-hydrogen) atoms. The minimum Gasteiger partial charge on any atom is -0.338 e. The van der Waals surface area contributed by atoms with E-state index in [1.165, 1.54) is 25.7 Å². The van der Waals surface area contributed by atoms with Crippen molar-refractivity contribution in [3.05, 3.63) is 11.7 Å². The summed E-state index contributed by atoms with van der Waals surface area (Å²) < 4.78 is 5.57. The van der Waals surface area contributed by atoms with E-state index in [4.69, 9.17) is 9.51 Å². The summed E-state index contributed by atoms with van der Waals surface area (Å²) >= 11 is 0. The van der Waals surface area contributed by atoms with Crippen molar-refractivity contribution in [1.29, 1.82) is 0 Å². The summed E-state index contributed by atoms with van der Waals surface area (Å²) in [6.07, 6.45) is 6.07. The standard InChI is InChI=1S/C15H27N5O/c1-19-9-6-10-20(2)13(11-19)14-17-15(21-18-14)12-7-4-3-5-8-16-12/h12-13,16H,3-11H2,1-2H3. The minimum absolute atomic E-state index is 0.237. The molecule has 2 aliphatic rings. The molecule has 6 heteroatoms. The molecule has 0 aliphatic carbocycles. The zero-order valence-corrected chi connectivity index (χ0v) is 13.2. The summed E-state index contributed by atoms with van der Waals surface area (Å²) in [6, 6.07) is 0.475. The van der Waals surface area contributed by atoms with Gasteiger partial charge in [-0.15, -0.1) is 0 Å². The smallest absolute Gasteiger partial charge is 0.243 e. The second kappa shape index (κ2) is 6.85. The summed E-state index contributed by atoms with van der Waals surface area (Å²) in [4.78, 5) is 9.42. The number of hydrogen-bond donors (Lipinski definition) is 1. The Morgan fingerprint density at radius 1 is 1.14 bits per heavy atom. The van der Waals surface area contributed by atoms with Gasteiger partial charge in [0.25, 0.3) is 0 Å². The predicted octanol–water partition coefficient (Wildman–Crippen LogP) is 1.58. The van der Waals surface area contributed by atoms with Gasteiger partial charge >= 0.3 is 0 Å². The number of nitrogens with zero attached hydrogens (tertiary/aromatic N) is 4. The van der Waals surface area contributed by atoms with Gasteiger partial charge in [0, 0.05) is 6.54 Å². The normalized spacial score (nSPS) is 30.0. The van der Waals surface area contributed by atoms with Crippen LogP contribution in [-0.4, -0.2) is 60.2 Å². The van der Waals surface area contributed by atoms with E-state index in [1.54, 1.807) is 0 Å². The molecule has 3 heterocycles. The van der Waals surface area contributed by atoms with E-state index < -0.39 is 0 Å². The van der Waals surface area contributed by atoms with E-state index in [0.29, 0.717) is 0 Å². The minimum atomic E-state index is 0.237. The lowest BCUT2D eigenvalue weighted by Gasteiger charge is -2.24. The van der Waals surface area contributed by atoms with Gasteiger partial charge in [-0.2, -0.15) is 4.98 Å². The van der Waals surface area contributed by atoms with E-state index in [2.05, 4.69) is 34.4 Å². The molecule has 0 aromatic carbocycles. The molecule has 2 saturated heterocycles. The van der Waals surface area contributed by atoms with Crippen molar-refractivity contribution in [2.24, 2.45) is 0 Å². The first-order valence-electron chi connectivity index (χ1n) is 8.19. The summed E-state index contributed by atoms with van der Waals surface area (Å²) in [5.74, 6) is 1.61. The van der Waals surface area contributed by atoms with Crippen LogP contribution in [0, 0.1) is 0 Å². The Hall–Kier alpha value is -0.980. The number of rotatable bonds is 2. The Bertz CT molecular complexity index is 441. The van der Waals surface area contributed by atoms with Gasteiger partial charge in [-0.25, -0.2) is 0 Å². The number of nitrogens with one attached hydrogen (secondary N) is 1. The largest absolute Gasteiger partial charge is 0.338 e. The molecule has 2 aliphatic heterocycles. The Labute approximate surface area is 126 Å². The molecule has 1 aromatic rings. The molecule has 2 fully saturated rings. The van der Waals surface area contributed by atoms with Gasteiger partial charge in [0.05, 0.1) is 12.1 Å². The van der Waals surface area contributed by atoms with Gasteiger partial charge in [-0.05, 0) is 53.0 Å². The maximum atomic E-state index is 5.57. The third kappa shape index (κ3) is 3.62. The van der Waals surface area contributed by atoms with E-state index in [9.17, 15) is 0 Å². The van der Waals surface area contributed by atoms with Gasteiger partial charge in [0.1, 0.15) is 0 Å². The molecule has 0 spiro atoms. The summed E-state index contributed by atoms with van der Waals surface area (Å²) in [6.45, 7) is 4.23. The lowest BCUT2D eigenvalue weighted by atomic mass is 10.1. The third-order valence-corrected chi connectivity index (χ3v) is 4.68. The molecular weight excluding hydrogens is 266 g/mol. The lowest BCUT2D eigenvalue weighted by Crippen LogP contribution is -2.31. The van der Waals surface area contributed by atoms with Crippen molar-refractivity contribution < 1.29 is 4.52 Å². The molecule has 6 nitrogen and oxygen atoms in total. The van der Waals surface area contributed by atoms with E-state index >= 15 is 0 Å². The van der Waals surface area contributed by atoms with Crippen LogP contribution in [0.15, 0.2) is 4.52 Å². The first-order chi connectivity index (χ1) is 10.2. The van der Waals surface area contributed by atoms with Crippen molar-refractivity contribution in [2.45, 2.75) is 44.2 Å². The fourth-order valence-corrected chi connectivity index (χ4v) is 3.31. The van der Waals surface area contributed by atoms with Crippen molar-refractivity contribution in [2.75, 3.05) is 40.3 Å². The highest BCUT2D eigenvalue weighted by Crippen LogP contribution is 2.25. The highest BCUT2D eigenvalue weighted by atomic mass is 16.5. The fraction of sp³-hybridized carbons (Fsp3) is 0.867. The quantitative estimate of drug-likeness (QED) is 0.893. The second-order valence-corrected chi connectivity index (χ2v) is 6.46. The fourth-order valence-electron chi connectivity index (χ4n) is 3.31. The van der Waals surface area contributed by atoms with E-state index in [1.807, 2.05) is 0 Å². The number of aromatic nitrogens is 2. The van der Waals surface area contributed by atoms with Crippen LogP contribution in [0.4, 0.5) is 0 Å². The van der Waals surface area contributed by atoms with Crippen molar-refractivity contribution in [3.63, 3.8) is 0 Å². The van der Waals surface area contributed by atoms with Gasteiger partial charge in [0.2, 0.25) is 5.89 Å². The van der Waals surface area contributed by atoms with E-state index in [0.717, 1.165) is 44.3 Å². The van der Waals surface area contributed by atoms with E-state index in [-0.39, 0.29) is 12.1 Å². The first-order valence-corrected chi connectivity index (χ1v) is 8.19. The lowest BCUT2D eigenvalue weighted by molar-refractivity contribution is 0.214. The Kier molecular flexibility index (Phi) is 4.87. The summed E-state index contributed by atoms with van der Waals surface area (Å²) in [7, 11) is 4.32. The second-order valence-electron chi connectivity index (χ2n) is 6.46. The van der Waals surface area contributed by atoms with Crippen LogP contribution in [0.25, 0.3) is 0 Å². The molecule has 0 amide bonds. The van der Waals surface area contributed by atoms with Crippen molar-refractivity contribution >= 4 is 0 Å².